The van der Waals surface area contributed by atoms with Crippen LogP contribution in [0.25, 0.3) is 22.6 Å². The zero-order chi connectivity index (χ0) is 26.7. The molecular formula is C26H22F3N5O3S. The van der Waals surface area contributed by atoms with E-state index in [0.717, 1.165) is 16.7 Å². The highest BCUT2D eigenvalue weighted by molar-refractivity contribution is 7.85. The minimum absolute atomic E-state index is 0.211. The number of hydrogen-bond donors (Lipinski definition) is 0. The Bertz CT molecular complexity index is 1420. The average Bonchev–Trinajstić information content (AvgIpc) is 3.44. The fourth-order valence-electron chi connectivity index (χ4n) is 4.03. The molecule has 0 aliphatic carbocycles. The van der Waals surface area contributed by atoms with Gasteiger partial charge in [0.2, 0.25) is 5.89 Å². The number of alkyl halides is 3. The molecule has 196 valence electrons. The number of carbonyl (C=O) groups is 1. The lowest BCUT2D eigenvalue weighted by molar-refractivity contribution is -0.156. The molecule has 0 unspecified atom stereocenters. The number of carbonyl (C=O) groups excluding carboxylic acids is 1. The Hall–Kier alpha value is -4.06. The molecule has 0 saturated carbocycles. The highest BCUT2D eigenvalue weighted by Crippen LogP contribution is 2.31. The van der Waals surface area contributed by atoms with Gasteiger partial charge in [0.15, 0.2) is 0 Å². The molecule has 0 bridgehead atoms. The summed E-state index contributed by atoms with van der Waals surface area (Å²) in [6.45, 7) is 1.00. The van der Waals surface area contributed by atoms with E-state index in [4.69, 9.17) is 4.42 Å². The summed E-state index contributed by atoms with van der Waals surface area (Å²) in [5.41, 5.74) is 3.64. The van der Waals surface area contributed by atoms with Gasteiger partial charge in [0.05, 0.1) is 6.54 Å². The van der Waals surface area contributed by atoms with Crippen LogP contribution in [0.2, 0.25) is 0 Å². The van der Waals surface area contributed by atoms with E-state index >= 15 is 0 Å². The molecule has 12 heteroatoms. The van der Waals surface area contributed by atoms with Crippen molar-refractivity contribution in [1.82, 2.24) is 20.1 Å². The number of benzene rings is 2. The first-order chi connectivity index (χ1) is 18.3. The molecule has 0 spiro atoms. The average molecular weight is 542 g/mol. The minimum atomic E-state index is -4.72. The number of urea groups is 1. The van der Waals surface area contributed by atoms with Crippen LogP contribution in [-0.4, -0.2) is 54.9 Å². The van der Waals surface area contributed by atoms with Crippen LogP contribution in [0, 0.1) is 0 Å². The first-order valence-corrected chi connectivity index (χ1v) is 13.2. The van der Waals surface area contributed by atoms with Crippen molar-refractivity contribution in [3.05, 3.63) is 84.5 Å². The minimum Gasteiger partial charge on any atom is -0.413 e. The molecule has 38 heavy (non-hydrogen) atoms. The standard InChI is InChI=1S/C26H22F3N5O3S/c27-26(28,29)24-32-31-23(37-24)20-5-3-18(4-6-20)17-34(25(35)33-12-14-38(36)15-13-33)22-9-7-19(8-10-22)21-2-1-11-30-16-21/h1-11,16H,12-15,17H2. The third kappa shape index (κ3) is 5.75. The first-order valence-electron chi connectivity index (χ1n) is 11.7. The summed E-state index contributed by atoms with van der Waals surface area (Å²) in [5.74, 6) is -0.800. The van der Waals surface area contributed by atoms with E-state index in [1.165, 1.54) is 0 Å². The van der Waals surface area contributed by atoms with Crippen LogP contribution in [0.5, 0.6) is 0 Å². The number of halogens is 3. The Balaban J connectivity index is 1.39. The molecule has 1 saturated heterocycles. The number of nitrogens with zero attached hydrogens (tertiary/aromatic N) is 5. The number of pyridine rings is 1. The first kappa shape index (κ1) is 25.6. The molecule has 1 fully saturated rings. The maximum absolute atomic E-state index is 13.6. The third-order valence-electron chi connectivity index (χ3n) is 6.06. The fourth-order valence-corrected chi connectivity index (χ4v) is 5.08. The van der Waals surface area contributed by atoms with Gasteiger partial charge >= 0.3 is 18.1 Å². The van der Waals surface area contributed by atoms with Gasteiger partial charge in [-0.25, -0.2) is 4.79 Å². The monoisotopic (exact) mass is 541 g/mol. The molecule has 1 aliphatic heterocycles. The summed E-state index contributed by atoms with van der Waals surface area (Å²) in [6.07, 6.45) is -1.27. The maximum Gasteiger partial charge on any atom is 0.470 e. The van der Waals surface area contributed by atoms with E-state index in [1.807, 2.05) is 36.4 Å². The van der Waals surface area contributed by atoms with Gasteiger partial charge in [-0.2, -0.15) is 13.2 Å². The van der Waals surface area contributed by atoms with Gasteiger partial charge in [-0.3, -0.25) is 14.1 Å². The normalized spacial score (nSPS) is 14.4. The molecule has 2 amide bonds. The second kappa shape index (κ2) is 10.7. The fraction of sp³-hybridized carbons (Fsp3) is 0.231. The summed E-state index contributed by atoms with van der Waals surface area (Å²) in [7, 11) is -0.931. The van der Waals surface area contributed by atoms with Gasteiger partial charge in [-0.15, -0.1) is 10.2 Å². The highest BCUT2D eigenvalue weighted by Gasteiger charge is 2.38. The number of aromatic nitrogens is 3. The lowest BCUT2D eigenvalue weighted by atomic mass is 10.1. The largest absolute Gasteiger partial charge is 0.470 e. The lowest BCUT2D eigenvalue weighted by Crippen LogP contribution is -2.48. The summed E-state index contributed by atoms with van der Waals surface area (Å²) >= 11 is 0. The van der Waals surface area contributed by atoms with Crippen molar-refractivity contribution >= 4 is 22.5 Å². The Labute approximate surface area is 218 Å². The second-order valence-corrected chi connectivity index (χ2v) is 10.3. The van der Waals surface area contributed by atoms with Gasteiger partial charge in [-0.1, -0.05) is 30.3 Å². The van der Waals surface area contributed by atoms with Crippen LogP contribution < -0.4 is 4.90 Å². The summed E-state index contributed by atoms with van der Waals surface area (Å²) in [5, 5.41) is 6.54. The number of hydrogen-bond acceptors (Lipinski definition) is 6. The molecule has 5 rings (SSSR count). The zero-order valence-corrected chi connectivity index (χ0v) is 20.8. The van der Waals surface area contributed by atoms with Crippen molar-refractivity contribution < 1.29 is 26.6 Å². The van der Waals surface area contributed by atoms with Gasteiger partial charge in [0.1, 0.15) is 0 Å². The lowest BCUT2D eigenvalue weighted by Gasteiger charge is -2.33. The van der Waals surface area contributed by atoms with E-state index in [-0.39, 0.29) is 18.5 Å². The van der Waals surface area contributed by atoms with Crippen LogP contribution in [0.3, 0.4) is 0 Å². The molecule has 3 heterocycles. The number of amides is 2. The summed E-state index contributed by atoms with van der Waals surface area (Å²) < 4.78 is 55.0. The van der Waals surface area contributed by atoms with Crippen LogP contribution in [0.1, 0.15) is 11.5 Å². The van der Waals surface area contributed by atoms with Gasteiger partial charge in [-0.05, 0) is 47.0 Å². The molecule has 8 nitrogen and oxygen atoms in total. The van der Waals surface area contributed by atoms with E-state index in [0.29, 0.717) is 35.8 Å². The van der Waals surface area contributed by atoms with Crippen molar-refractivity contribution in [3.63, 3.8) is 0 Å². The van der Waals surface area contributed by atoms with Crippen molar-refractivity contribution in [1.29, 1.82) is 0 Å². The van der Waals surface area contributed by atoms with E-state index < -0.39 is 22.9 Å². The zero-order valence-electron chi connectivity index (χ0n) is 20.0. The third-order valence-corrected chi connectivity index (χ3v) is 7.34. The Kier molecular flexibility index (Phi) is 7.23. The predicted molar refractivity (Wildman–Crippen MR) is 135 cm³/mol. The van der Waals surface area contributed by atoms with Gasteiger partial charge in [0.25, 0.3) is 0 Å². The topological polar surface area (TPSA) is 92.4 Å². The van der Waals surface area contributed by atoms with Crippen molar-refractivity contribution in [2.45, 2.75) is 12.7 Å². The molecule has 2 aromatic heterocycles. The number of rotatable bonds is 5. The smallest absolute Gasteiger partial charge is 0.413 e. The number of anilines is 1. The molecule has 1 aliphatic rings. The molecule has 4 aromatic rings. The highest BCUT2D eigenvalue weighted by atomic mass is 32.2. The van der Waals surface area contributed by atoms with E-state index in [9.17, 15) is 22.2 Å². The van der Waals surface area contributed by atoms with Crippen LogP contribution in [-0.2, 0) is 23.5 Å². The van der Waals surface area contributed by atoms with Crippen LogP contribution >= 0.6 is 0 Å². The second-order valence-electron chi connectivity index (χ2n) is 8.60. The van der Waals surface area contributed by atoms with E-state index in [2.05, 4.69) is 15.2 Å². The van der Waals surface area contributed by atoms with Gasteiger partial charge < -0.3 is 9.32 Å². The van der Waals surface area contributed by atoms with Crippen LogP contribution in [0.4, 0.5) is 23.7 Å². The molecule has 0 radical (unpaired) electrons. The molecule has 0 atom stereocenters. The Morgan fingerprint density at radius 1 is 0.947 bits per heavy atom. The molecular weight excluding hydrogens is 519 g/mol. The van der Waals surface area contributed by atoms with Gasteiger partial charge in [0, 0.05) is 59.0 Å². The Morgan fingerprint density at radius 3 is 2.24 bits per heavy atom. The molecule has 0 N–H and O–H groups in total. The van der Waals surface area contributed by atoms with Crippen LogP contribution in [0.15, 0.2) is 77.5 Å². The summed E-state index contributed by atoms with van der Waals surface area (Å²) in [6, 6.07) is 17.6. The van der Waals surface area contributed by atoms with Crippen molar-refractivity contribution in [2.75, 3.05) is 29.5 Å². The quantitative estimate of drug-likeness (QED) is 0.353. The van der Waals surface area contributed by atoms with Crippen molar-refractivity contribution in [3.8, 4) is 22.6 Å². The van der Waals surface area contributed by atoms with Crippen molar-refractivity contribution in [2.24, 2.45) is 0 Å². The molecule has 2 aromatic carbocycles. The SMILES string of the molecule is O=C(N1CCS(=O)CC1)N(Cc1ccc(-c2nnc(C(F)(F)F)o2)cc1)c1ccc(-c2cccnc2)cc1. The maximum atomic E-state index is 13.6. The van der Waals surface area contributed by atoms with E-state index in [1.54, 1.807) is 46.5 Å². The summed E-state index contributed by atoms with van der Waals surface area (Å²) in [4.78, 5) is 21.0. The Morgan fingerprint density at radius 2 is 1.63 bits per heavy atom. The predicted octanol–water partition coefficient (Wildman–Crippen LogP) is 5.01.